The molecule has 2 aliphatic rings. The minimum atomic E-state index is 0.114. The molecule has 0 spiro atoms. The summed E-state index contributed by atoms with van der Waals surface area (Å²) in [6.45, 7) is 4.46. The molecular weight excluding hydrogens is 372 g/mol. The predicted molar refractivity (Wildman–Crippen MR) is 113 cm³/mol. The van der Waals surface area contributed by atoms with Gasteiger partial charge in [0.05, 0.1) is 30.6 Å². The molecular formula is C20H24N6OS. The van der Waals surface area contributed by atoms with Crippen molar-refractivity contribution in [1.29, 1.82) is 0 Å². The molecule has 3 aromatic rings. The van der Waals surface area contributed by atoms with Gasteiger partial charge in [-0.2, -0.15) is 5.10 Å². The number of pyridine rings is 2. The third kappa shape index (κ3) is 3.31. The van der Waals surface area contributed by atoms with Crippen molar-refractivity contribution < 1.29 is 4.74 Å². The van der Waals surface area contributed by atoms with E-state index < -0.39 is 0 Å². The summed E-state index contributed by atoms with van der Waals surface area (Å²) in [6, 6.07) is 6.41. The molecule has 0 saturated carbocycles. The van der Waals surface area contributed by atoms with Gasteiger partial charge < -0.3 is 9.64 Å². The topological polar surface area (TPSA) is 79.3 Å². The van der Waals surface area contributed by atoms with E-state index in [1.165, 1.54) is 24.3 Å². The number of morpholine rings is 1. The van der Waals surface area contributed by atoms with Gasteiger partial charge in [-0.25, -0.2) is 9.35 Å². The van der Waals surface area contributed by atoms with Crippen molar-refractivity contribution in [2.75, 3.05) is 36.2 Å². The van der Waals surface area contributed by atoms with Crippen LogP contribution < -0.4 is 4.90 Å². The van der Waals surface area contributed by atoms with Gasteiger partial charge in [0.1, 0.15) is 17.0 Å². The number of nitrogens with one attached hydrogen (secondary N) is 1. The number of rotatable bonds is 3. The zero-order valence-electron chi connectivity index (χ0n) is 16.0. The van der Waals surface area contributed by atoms with Gasteiger partial charge in [-0.3, -0.25) is 10.1 Å². The van der Waals surface area contributed by atoms with E-state index in [1.54, 1.807) is 6.20 Å². The van der Waals surface area contributed by atoms with E-state index in [2.05, 4.69) is 33.1 Å². The van der Waals surface area contributed by atoms with Crippen LogP contribution in [0.15, 0.2) is 35.0 Å². The maximum Gasteiger partial charge on any atom is 0.131 e. The Bertz CT molecular complexity index is 1010. The van der Waals surface area contributed by atoms with Crippen LogP contribution in [-0.4, -0.2) is 57.5 Å². The monoisotopic (exact) mass is 396 g/mol. The van der Waals surface area contributed by atoms with Crippen LogP contribution in [-0.2, 0) is 15.4 Å². The molecule has 146 valence electrons. The highest BCUT2D eigenvalue weighted by Crippen LogP contribution is 2.35. The van der Waals surface area contributed by atoms with Crippen LogP contribution in [0.5, 0.6) is 0 Å². The molecule has 0 aliphatic carbocycles. The fraction of sp³-hybridized carbons (Fsp3) is 0.450. The van der Waals surface area contributed by atoms with E-state index in [4.69, 9.17) is 14.1 Å². The smallest absolute Gasteiger partial charge is 0.131 e. The van der Waals surface area contributed by atoms with Crippen LogP contribution in [0.25, 0.3) is 22.3 Å². The van der Waals surface area contributed by atoms with Gasteiger partial charge in [-0.05, 0) is 31.9 Å². The fourth-order valence-corrected chi connectivity index (χ4v) is 5.76. The highest BCUT2D eigenvalue weighted by Gasteiger charge is 2.23. The van der Waals surface area contributed by atoms with Gasteiger partial charge >= 0.3 is 0 Å². The zero-order valence-corrected chi connectivity index (χ0v) is 16.8. The molecule has 0 amide bonds. The van der Waals surface area contributed by atoms with E-state index in [0.717, 1.165) is 53.6 Å². The van der Waals surface area contributed by atoms with Crippen molar-refractivity contribution in [3.8, 4) is 11.4 Å². The average molecular weight is 397 g/mol. The molecule has 0 radical (unpaired) electrons. The van der Waals surface area contributed by atoms with Gasteiger partial charge in [0.2, 0.25) is 0 Å². The summed E-state index contributed by atoms with van der Waals surface area (Å²) in [5.74, 6) is 3.36. The van der Waals surface area contributed by atoms with Crippen LogP contribution in [0.3, 0.4) is 0 Å². The molecule has 0 unspecified atom stereocenters. The Morgan fingerprint density at radius 1 is 1.25 bits per heavy atom. The molecule has 2 saturated heterocycles. The first-order valence-electron chi connectivity index (χ1n) is 9.83. The normalized spacial score (nSPS) is 20.8. The minimum absolute atomic E-state index is 0.114. The maximum absolute atomic E-state index is 5.62. The largest absolute Gasteiger partial charge is 0.377 e. The van der Waals surface area contributed by atoms with Crippen molar-refractivity contribution in [3.63, 3.8) is 0 Å². The first-order chi connectivity index (χ1) is 13.8. The van der Waals surface area contributed by atoms with Crippen molar-refractivity contribution in [3.05, 3.63) is 30.6 Å². The quantitative estimate of drug-likeness (QED) is 0.733. The van der Waals surface area contributed by atoms with Gasteiger partial charge in [0.25, 0.3) is 0 Å². The van der Waals surface area contributed by atoms with Crippen LogP contribution in [0.2, 0.25) is 0 Å². The molecule has 2 aliphatic heterocycles. The summed E-state index contributed by atoms with van der Waals surface area (Å²) < 4.78 is 10.8. The third-order valence-corrected chi connectivity index (χ3v) is 7.32. The van der Waals surface area contributed by atoms with E-state index in [1.807, 2.05) is 18.3 Å². The molecule has 0 bridgehead atoms. The molecule has 7 nitrogen and oxygen atoms in total. The standard InChI is InChI=1S/C20H24N6OS/c1-14-13-27-9-8-26(14)18-12-17(25-28-10-2-3-11-28)15-4-6-21-20(19(15)23-18)16-5-7-22-24-16/h4-7,12,14H,2-3,8-11,13H2,1H3,(H,22,24)/t14-/m1/s1. The van der Waals surface area contributed by atoms with Gasteiger partial charge in [0.15, 0.2) is 0 Å². The average Bonchev–Trinajstić information content (AvgIpc) is 3.42. The number of aromatic amines is 1. The Morgan fingerprint density at radius 2 is 2.14 bits per heavy atom. The molecule has 3 aromatic heterocycles. The number of fused-ring (bicyclic) bond motifs is 1. The van der Waals surface area contributed by atoms with Gasteiger partial charge in [-0.1, -0.05) is 10.7 Å². The second-order valence-electron chi connectivity index (χ2n) is 7.31. The molecule has 2 fully saturated rings. The van der Waals surface area contributed by atoms with E-state index in [9.17, 15) is 0 Å². The predicted octanol–water partition coefficient (Wildman–Crippen LogP) is 3.47. The number of aromatic nitrogens is 4. The van der Waals surface area contributed by atoms with Crippen LogP contribution in [0.1, 0.15) is 19.8 Å². The number of ether oxygens (including phenoxy) is 1. The summed E-state index contributed by atoms with van der Waals surface area (Å²) >= 11 is 0. The first kappa shape index (κ1) is 17.8. The van der Waals surface area contributed by atoms with Crippen LogP contribution in [0, 0.1) is 0 Å². The second-order valence-corrected chi connectivity index (χ2v) is 9.24. The lowest BCUT2D eigenvalue weighted by Crippen LogP contribution is -2.44. The Morgan fingerprint density at radius 3 is 2.93 bits per heavy atom. The Balaban J connectivity index is 1.72. The van der Waals surface area contributed by atoms with Crippen LogP contribution in [0.4, 0.5) is 11.5 Å². The molecule has 0 aromatic carbocycles. The lowest BCUT2D eigenvalue weighted by atomic mass is 10.1. The van der Waals surface area contributed by atoms with E-state index >= 15 is 0 Å². The Kier molecular flexibility index (Phi) is 4.82. The van der Waals surface area contributed by atoms with Gasteiger partial charge in [-0.15, -0.1) is 0 Å². The van der Waals surface area contributed by atoms with Crippen molar-refractivity contribution in [2.24, 2.45) is 4.36 Å². The van der Waals surface area contributed by atoms with Crippen molar-refractivity contribution >= 4 is 33.1 Å². The van der Waals surface area contributed by atoms with E-state index in [0.29, 0.717) is 0 Å². The van der Waals surface area contributed by atoms with E-state index in [-0.39, 0.29) is 16.7 Å². The molecule has 5 heterocycles. The second kappa shape index (κ2) is 7.60. The lowest BCUT2D eigenvalue weighted by molar-refractivity contribution is 0.0986. The molecule has 1 atom stereocenters. The summed E-state index contributed by atoms with van der Waals surface area (Å²) in [5, 5.41) is 8.18. The Labute approximate surface area is 166 Å². The molecule has 28 heavy (non-hydrogen) atoms. The number of hydrogen-bond donors (Lipinski definition) is 1. The molecule has 5 rings (SSSR count). The maximum atomic E-state index is 5.62. The summed E-state index contributed by atoms with van der Waals surface area (Å²) in [4.78, 5) is 12.0. The summed E-state index contributed by atoms with van der Waals surface area (Å²) in [7, 11) is 0.114. The molecule has 8 heteroatoms. The van der Waals surface area contributed by atoms with Gasteiger partial charge in [0, 0.05) is 41.9 Å². The van der Waals surface area contributed by atoms with Crippen molar-refractivity contribution in [1.82, 2.24) is 20.2 Å². The number of hydrogen-bond acceptors (Lipinski definition) is 6. The Hall–Kier alpha value is -2.32. The highest BCUT2D eigenvalue weighted by atomic mass is 32.2. The highest BCUT2D eigenvalue weighted by molar-refractivity contribution is 7.87. The molecule has 1 N–H and O–H groups in total. The summed E-state index contributed by atoms with van der Waals surface area (Å²) in [6.07, 6.45) is 6.15. The minimum Gasteiger partial charge on any atom is -0.377 e. The third-order valence-electron chi connectivity index (χ3n) is 5.35. The number of H-pyrrole nitrogens is 1. The summed E-state index contributed by atoms with van der Waals surface area (Å²) in [5.41, 5.74) is 3.61. The van der Waals surface area contributed by atoms with Crippen LogP contribution >= 0.6 is 0 Å². The first-order valence-corrected chi connectivity index (χ1v) is 11.3. The SMILES string of the molecule is C[C@@H]1COCCN1c1cc(N=S2CCCC2)c2ccnc(-c3ccn[nH]3)c2n1. The number of nitrogens with zero attached hydrogens (tertiary/aromatic N) is 5. The zero-order chi connectivity index (χ0) is 18.9. The number of anilines is 1. The van der Waals surface area contributed by atoms with Crippen molar-refractivity contribution in [2.45, 2.75) is 25.8 Å². The lowest BCUT2D eigenvalue weighted by Gasteiger charge is -2.34. The fourth-order valence-electron chi connectivity index (χ4n) is 3.87.